The van der Waals surface area contributed by atoms with Crippen LogP contribution in [0.1, 0.15) is 33.1 Å². The van der Waals surface area contributed by atoms with Crippen LogP contribution >= 0.6 is 0 Å². The first-order valence-corrected chi connectivity index (χ1v) is 5.67. The SMILES string of the molecule is CC(C)(CCO)NC(=O)C1CCC(C(=O)O)O1. The summed E-state index contributed by atoms with van der Waals surface area (Å²) in [6.45, 7) is 3.58. The first-order chi connectivity index (χ1) is 7.85. The van der Waals surface area contributed by atoms with E-state index < -0.39 is 23.7 Å². The molecule has 1 aliphatic heterocycles. The average Bonchev–Trinajstić information content (AvgIpc) is 2.64. The van der Waals surface area contributed by atoms with E-state index in [1.54, 1.807) is 13.8 Å². The van der Waals surface area contributed by atoms with Crippen LogP contribution in [0.2, 0.25) is 0 Å². The van der Waals surface area contributed by atoms with Crippen molar-refractivity contribution in [3.05, 3.63) is 0 Å². The van der Waals surface area contributed by atoms with Gasteiger partial charge in [-0.05, 0) is 33.1 Å². The molecule has 0 bridgehead atoms. The van der Waals surface area contributed by atoms with Crippen molar-refractivity contribution in [2.75, 3.05) is 6.61 Å². The highest BCUT2D eigenvalue weighted by atomic mass is 16.5. The topological polar surface area (TPSA) is 95.9 Å². The second kappa shape index (κ2) is 5.46. The Labute approximate surface area is 100.0 Å². The molecule has 1 rings (SSSR count). The third-order valence-corrected chi connectivity index (χ3v) is 2.79. The van der Waals surface area contributed by atoms with Crippen molar-refractivity contribution < 1.29 is 24.5 Å². The summed E-state index contributed by atoms with van der Waals surface area (Å²) in [4.78, 5) is 22.5. The van der Waals surface area contributed by atoms with Crippen molar-refractivity contribution in [1.29, 1.82) is 0 Å². The minimum atomic E-state index is -1.03. The van der Waals surface area contributed by atoms with Gasteiger partial charge in [0.1, 0.15) is 6.10 Å². The van der Waals surface area contributed by atoms with E-state index in [9.17, 15) is 9.59 Å². The number of nitrogens with one attached hydrogen (secondary N) is 1. The Kier molecular flexibility index (Phi) is 4.47. The lowest BCUT2D eigenvalue weighted by Gasteiger charge is -2.26. The standard InChI is InChI=1S/C11H19NO5/c1-11(2,5-6-13)12-9(14)7-3-4-8(17-7)10(15)16/h7-8,13H,3-6H2,1-2H3,(H,12,14)(H,15,16). The normalized spacial score (nSPS) is 24.6. The van der Waals surface area contributed by atoms with Crippen LogP contribution in [0.5, 0.6) is 0 Å². The summed E-state index contributed by atoms with van der Waals surface area (Å²) in [5, 5.41) is 20.3. The number of amides is 1. The number of hydrogen-bond acceptors (Lipinski definition) is 4. The summed E-state index contributed by atoms with van der Waals surface area (Å²) in [6, 6.07) is 0. The Balaban J connectivity index is 2.47. The molecule has 0 aromatic heterocycles. The Morgan fingerprint density at radius 1 is 1.35 bits per heavy atom. The Hall–Kier alpha value is -1.14. The first kappa shape index (κ1) is 13.9. The van der Waals surface area contributed by atoms with Crippen LogP contribution in [0.25, 0.3) is 0 Å². The number of ether oxygens (including phenoxy) is 1. The van der Waals surface area contributed by atoms with Gasteiger partial charge in [0.15, 0.2) is 6.10 Å². The lowest BCUT2D eigenvalue weighted by Crippen LogP contribution is -2.48. The number of aliphatic hydroxyl groups is 1. The van der Waals surface area contributed by atoms with Crippen LogP contribution in [0.4, 0.5) is 0 Å². The second-order valence-corrected chi connectivity index (χ2v) is 4.88. The van der Waals surface area contributed by atoms with Crippen LogP contribution in [0.15, 0.2) is 0 Å². The highest BCUT2D eigenvalue weighted by Crippen LogP contribution is 2.21. The van der Waals surface area contributed by atoms with Gasteiger partial charge in [-0.2, -0.15) is 0 Å². The molecule has 17 heavy (non-hydrogen) atoms. The molecular weight excluding hydrogens is 226 g/mol. The van der Waals surface area contributed by atoms with Crippen LogP contribution in [-0.4, -0.2) is 46.4 Å². The minimum Gasteiger partial charge on any atom is -0.479 e. The van der Waals surface area contributed by atoms with Crippen LogP contribution in [0.3, 0.4) is 0 Å². The molecule has 2 unspecified atom stereocenters. The summed E-state index contributed by atoms with van der Waals surface area (Å²) in [5.41, 5.74) is -0.517. The van der Waals surface area contributed by atoms with Crippen LogP contribution < -0.4 is 5.32 Å². The summed E-state index contributed by atoms with van der Waals surface area (Å²) in [6.07, 6.45) is -0.375. The molecule has 0 aliphatic carbocycles. The quantitative estimate of drug-likeness (QED) is 0.628. The molecular formula is C11H19NO5. The monoisotopic (exact) mass is 245 g/mol. The van der Waals surface area contributed by atoms with Gasteiger partial charge in [-0.15, -0.1) is 0 Å². The van der Waals surface area contributed by atoms with E-state index in [4.69, 9.17) is 14.9 Å². The van der Waals surface area contributed by atoms with Gasteiger partial charge in [0.05, 0.1) is 0 Å². The summed E-state index contributed by atoms with van der Waals surface area (Å²) >= 11 is 0. The fourth-order valence-corrected chi connectivity index (χ4v) is 1.77. The minimum absolute atomic E-state index is 0.0173. The number of carbonyl (C=O) groups excluding carboxylic acids is 1. The van der Waals surface area contributed by atoms with Gasteiger partial charge in [0.2, 0.25) is 5.91 Å². The molecule has 1 fully saturated rings. The predicted molar refractivity (Wildman–Crippen MR) is 59.5 cm³/mol. The molecule has 0 saturated carbocycles. The van der Waals surface area contributed by atoms with E-state index in [1.165, 1.54) is 0 Å². The van der Waals surface area contributed by atoms with Crippen molar-refractivity contribution in [2.45, 2.75) is 50.9 Å². The van der Waals surface area contributed by atoms with Crippen molar-refractivity contribution in [1.82, 2.24) is 5.32 Å². The van der Waals surface area contributed by atoms with E-state index in [0.717, 1.165) is 0 Å². The predicted octanol–water partition coefficient (Wildman–Crippen LogP) is -0.104. The zero-order chi connectivity index (χ0) is 13.1. The van der Waals surface area contributed by atoms with E-state index >= 15 is 0 Å². The molecule has 3 N–H and O–H groups in total. The number of carboxylic acid groups (broad SMARTS) is 1. The zero-order valence-corrected chi connectivity index (χ0v) is 10.1. The highest BCUT2D eigenvalue weighted by Gasteiger charge is 2.36. The van der Waals surface area contributed by atoms with Gasteiger partial charge in [0, 0.05) is 12.1 Å². The molecule has 98 valence electrons. The fourth-order valence-electron chi connectivity index (χ4n) is 1.77. The smallest absolute Gasteiger partial charge is 0.332 e. The fraction of sp³-hybridized carbons (Fsp3) is 0.818. The lowest BCUT2D eigenvalue weighted by molar-refractivity contribution is -0.152. The maximum absolute atomic E-state index is 11.8. The number of carbonyl (C=O) groups is 2. The molecule has 0 aromatic carbocycles. The van der Waals surface area contributed by atoms with Crippen molar-refractivity contribution >= 4 is 11.9 Å². The van der Waals surface area contributed by atoms with Gasteiger partial charge in [-0.3, -0.25) is 4.79 Å². The average molecular weight is 245 g/mol. The van der Waals surface area contributed by atoms with Crippen molar-refractivity contribution in [2.24, 2.45) is 0 Å². The number of rotatable bonds is 5. The van der Waals surface area contributed by atoms with Gasteiger partial charge in [-0.1, -0.05) is 0 Å². The van der Waals surface area contributed by atoms with Crippen LogP contribution in [0, 0.1) is 0 Å². The maximum atomic E-state index is 11.8. The summed E-state index contributed by atoms with van der Waals surface area (Å²) < 4.78 is 5.13. The number of hydrogen-bond donors (Lipinski definition) is 3. The van der Waals surface area contributed by atoms with Gasteiger partial charge in [0.25, 0.3) is 0 Å². The number of aliphatic carboxylic acids is 1. The van der Waals surface area contributed by atoms with E-state index in [2.05, 4.69) is 5.32 Å². The molecule has 1 aliphatic rings. The maximum Gasteiger partial charge on any atom is 0.332 e. The highest BCUT2D eigenvalue weighted by molar-refractivity contribution is 5.83. The van der Waals surface area contributed by atoms with Crippen LogP contribution in [-0.2, 0) is 14.3 Å². The second-order valence-electron chi connectivity index (χ2n) is 4.88. The Morgan fingerprint density at radius 2 is 1.94 bits per heavy atom. The number of aliphatic hydroxyl groups excluding tert-OH is 1. The molecule has 1 amide bonds. The van der Waals surface area contributed by atoms with E-state index in [1.807, 2.05) is 0 Å². The molecule has 1 saturated heterocycles. The molecule has 1 heterocycles. The molecule has 0 aromatic rings. The molecule has 0 spiro atoms. The van der Waals surface area contributed by atoms with E-state index in [-0.39, 0.29) is 12.5 Å². The summed E-state index contributed by atoms with van der Waals surface area (Å²) in [7, 11) is 0. The molecule has 6 heteroatoms. The first-order valence-electron chi connectivity index (χ1n) is 5.67. The Morgan fingerprint density at radius 3 is 2.41 bits per heavy atom. The molecule has 2 atom stereocenters. The zero-order valence-electron chi connectivity index (χ0n) is 10.1. The third kappa shape index (κ3) is 3.98. The Bertz CT molecular complexity index is 302. The largest absolute Gasteiger partial charge is 0.479 e. The van der Waals surface area contributed by atoms with Crippen molar-refractivity contribution in [3.8, 4) is 0 Å². The van der Waals surface area contributed by atoms with E-state index in [0.29, 0.717) is 19.3 Å². The van der Waals surface area contributed by atoms with Gasteiger partial charge in [-0.25, -0.2) is 4.79 Å². The molecule has 6 nitrogen and oxygen atoms in total. The summed E-state index contributed by atoms with van der Waals surface area (Å²) in [5.74, 6) is -1.35. The molecule has 0 radical (unpaired) electrons. The third-order valence-electron chi connectivity index (χ3n) is 2.79. The number of carboxylic acids is 1. The lowest BCUT2D eigenvalue weighted by atomic mass is 10.0. The van der Waals surface area contributed by atoms with Crippen molar-refractivity contribution in [3.63, 3.8) is 0 Å². The van der Waals surface area contributed by atoms with Gasteiger partial charge >= 0.3 is 5.97 Å². The van der Waals surface area contributed by atoms with Gasteiger partial charge < -0.3 is 20.3 Å².